The van der Waals surface area contributed by atoms with Crippen molar-refractivity contribution in [3.05, 3.63) is 69.2 Å². The van der Waals surface area contributed by atoms with Crippen molar-refractivity contribution in [3.8, 4) is 0 Å². The van der Waals surface area contributed by atoms with Crippen LogP contribution in [0.25, 0.3) is 0 Å². The van der Waals surface area contributed by atoms with Gasteiger partial charge in [0.2, 0.25) is 0 Å². The number of fused-ring (bicyclic) bond motifs is 1. The molecule has 1 atom stereocenters. The molecule has 1 aliphatic heterocycles. The highest BCUT2D eigenvalue weighted by Gasteiger charge is 2.26. The molecule has 0 bridgehead atoms. The molecule has 1 heterocycles. The third-order valence-electron chi connectivity index (χ3n) is 3.59. The molecule has 1 aliphatic rings. The molecule has 0 aromatic heterocycles. The Morgan fingerprint density at radius 2 is 1.85 bits per heavy atom. The van der Waals surface area contributed by atoms with E-state index in [1.54, 1.807) is 0 Å². The van der Waals surface area contributed by atoms with Crippen molar-refractivity contribution in [2.24, 2.45) is 0 Å². The maximum atomic E-state index is 6.36. The Hall–Kier alpha value is -1.09. The maximum absolute atomic E-state index is 6.36. The first-order chi connectivity index (χ1) is 9.66. The molecule has 1 nitrogen and oxygen atoms in total. The highest BCUT2D eigenvalue weighted by Crippen LogP contribution is 2.35. The Morgan fingerprint density at radius 1 is 1.05 bits per heavy atom. The summed E-state index contributed by atoms with van der Waals surface area (Å²) in [6, 6.07) is 13.8. The maximum Gasteiger partial charge on any atom is 0.0874 e. The second-order valence-electron chi connectivity index (χ2n) is 4.84. The molecular weight excluding hydrogens is 309 g/mol. The lowest BCUT2D eigenvalue weighted by molar-refractivity contribution is 0.882. The van der Waals surface area contributed by atoms with E-state index in [9.17, 15) is 0 Å². The normalized spacial score (nSPS) is 18.1. The van der Waals surface area contributed by atoms with E-state index in [2.05, 4.69) is 11.4 Å². The van der Waals surface area contributed by atoms with Crippen LogP contribution in [0.2, 0.25) is 10.0 Å². The largest absolute Gasteiger partial charge is 0.379 e. The van der Waals surface area contributed by atoms with E-state index in [-0.39, 0.29) is 5.92 Å². The lowest BCUT2D eigenvalue weighted by Gasteiger charge is -2.20. The van der Waals surface area contributed by atoms with Crippen LogP contribution < -0.4 is 5.32 Å². The van der Waals surface area contributed by atoms with E-state index in [0.29, 0.717) is 0 Å². The zero-order chi connectivity index (χ0) is 14.1. The van der Waals surface area contributed by atoms with Gasteiger partial charge in [-0.15, -0.1) is 0 Å². The molecule has 0 saturated carbocycles. The third kappa shape index (κ3) is 2.56. The number of nitrogens with one attached hydrogen (secondary N) is 1. The Labute approximate surface area is 133 Å². The molecule has 0 unspecified atom stereocenters. The van der Waals surface area contributed by atoms with E-state index in [1.165, 1.54) is 5.56 Å². The van der Waals surface area contributed by atoms with Crippen LogP contribution in [0.5, 0.6) is 0 Å². The topological polar surface area (TPSA) is 12.0 Å². The first-order valence-corrected chi connectivity index (χ1v) is 7.63. The molecule has 0 saturated heterocycles. The molecule has 2 aromatic carbocycles. The number of hydrogen-bond acceptors (Lipinski definition) is 1. The quantitative estimate of drug-likeness (QED) is 0.770. The van der Waals surface area contributed by atoms with Gasteiger partial charge in [-0.05, 0) is 41.3 Å². The Kier molecular flexibility index (Phi) is 3.97. The molecule has 0 spiro atoms. The van der Waals surface area contributed by atoms with Crippen molar-refractivity contribution in [1.29, 1.82) is 0 Å². The zero-order valence-electron chi connectivity index (χ0n) is 10.7. The number of benzene rings is 2. The van der Waals surface area contributed by atoms with Crippen LogP contribution in [-0.4, -0.2) is 11.5 Å². The second-order valence-corrected chi connectivity index (χ2v) is 6.12. The number of rotatable bonds is 1. The Morgan fingerprint density at radius 3 is 2.65 bits per heavy atom. The standard InChI is InChI=1S/C16H13Cl2NS/c17-11-6-5-10-7-8-19-16(20)15(13(10)9-11)12-3-1-2-4-14(12)18/h1-6,9,15H,7-8H2,(H,19,20)/t15-/m1/s1. The fourth-order valence-corrected chi connectivity index (χ4v) is 3.43. The summed E-state index contributed by atoms with van der Waals surface area (Å²) in [6.45, 7) is 0.842. The van der Waals surface area contributed by atoms with Gasteiger partial charge in [0, 0.05) is 16.6 Å². The molecule has 1 N–H and O–H groups in total. The zero-order valence-corrected chi connectivity index (χ0v) is 13.0. The minimum atomic E-state index is -0.0325. The van der Waals surface area contributed by atoms with Crippen molar-refractivity contribution >= 4 is 40.4 Å². The van der Waals surface area contributed by atoms with Crippen molar-refractivity contribution < 1.29 is 0 Å². The molecule has 20 heavy (non-hydrogen) atoms. The van der Waals surface area contributed by atoms with E-state index in [4.69, 9.17) is 35.4 Å². The van der Waals surface area contributed by atoms with Crippen LogP contribution in [0, 0.1) is 0 Å². The minimum absolute atomic E-state index is 0.0325. The molecule has 102 valence electrons. The Bertz CT molecular complexity index is 669. The molecule has 0 aliphatic carbocycles. The van der Waals surface area contributed by atoms with E-state index in [1.807, 2.05) is 36.4 Å². The van der Waals surface area contributed by atoms with Crippen LogP contribution in [0.1, 0.15) is 22.6 Å². The second kappa shape index (κ2) is 5.72. The smallest absolute Gasteiger partial charge is 0.0874 e. The van der Waals surface area contributed by atoms with Crippen LogP contribution in [0.3, 0.4) is 0 Å². The van der Waals surface area contributed by atoms with Crippen molar-refractivity contribution in [2.75, 3.05) is 6.54 Å². The van der Waals surface area contributed by atoms with Gasteiger partial charge in [-0.1, -0.05) is 59.7 Å². The third-order valence-corrected chi connectivity index (χ3v) is 4.55. The molecule has 0 radical (unpaired) electrons. The molecule has 4 heteroatoms. The number of halogens is 2. The van der Waals surface area contributed by atoms with Gasteiger partial charge < -0.3 is 5.32 Å². The van der Waals surface area contributed by atoms with Crippen molar-refractivity contribution in [3.63, 3.8) is 0 Å². The Balaban J connectivity index is 2.20. The SMILES string of the molecule is S=C1NCCc2ccc(Cl)cc2[C@H]1c1ccccc1Cl. The summed E-state index contributed by atoms with van der Waals surface area (Å²) in [6.07, 6.45) is 0.938. The summed E-state index contributed by atoms with van der Waals surface area (Å²) in [5.74, 6) is -0.0325. The number of hydrogen-bond donors (Lipinski definition) is 1. The summed E-state index contributed by atoms with van der Waals surface area (Å²) in [5, 5.41) is 4.77. The van der Waals surface area contributed by atoms with Crippen molar-refractivity contribution in [2.45, 2.75) is 12.3 Å². The first kappa shape index (κ1) is 13.9. The fraction of sp³-hybridized carbons (Fsp3) is 0.188. The van der Waals surface area contributed by atoms with E-state index in [0.717, 1.165) is 39.1 Å². The van der Waals surface area contributed by atoms with Crippen LogP contribution >= 0.6 is 35.4 Å². The lowest BCUT2D eigenvalue weighted by Crippen LogP contribution is -2.27. The highest BCUT2D eigenvalue weighted by atomic mass is 35.5. The molecule has 0 fully saturated rings. The van der Waals surface area contributed by atoms with Crippen LogP contribution in [0.4, 0.5) is 0 Å². The fourth-order valence-electron chi connectivity index (χ4n) is 2.64. The van der Waals surface area contributed by atoms with Gasteiger partial charge in [0.05, 0.1) is 10.9 Å². The summed E-state index contributed by atoms with van der Waals surface area (Å²) in [4.78, 5) is 0.805. The summed E-state index contributed by atoms with van der Waals surface area (Å²) < 4.78 is 0. The molecule has 2 aromatic rings. The average molecular weight is 322 g/mol. The summed E-state index contributed by atoms with van der Waals surface area (Å²) >= 11 is 18.1. The van der Waals surface area contributed by atoms with E-state index >= 15 is 0 Å². The van der Waals surface area contributed by atoms with Crippen LogP contribution in [-0.2, 0) is 6.42 Å². The molecule has 0 amide bonds. The van der Waals surface area contributed by atoms with Gasteiger partial charge in [0.15, 0.2) is 0 Å². The van der Waals surface area contributed by atoms with Gasteiger partial charge in [0.25, 0.3) is 0 Å². The lowest BCUT2D eigenvalue weighted by atomic mass is 9.88. The van der Waals surface area contributed by atoms with Gasteiger partial charge >= 0.3 is 0 Å². The number of thiocarbonyl (C=S) groups is 1. The average Bonchev–Trinajstić information content (AvgIpc) is 2.58. The highest BCUT2D eigenvalue weighted by molar-refractivity contribution is 7.80. The first-order valence-electron chi connectivity index (χ1n) is 6.47. The van der Waals surface area contributed by atoms with Crippen molar-refractivity contribution in [1.82, 2.24) is 5.32 Å². The predicted molar refractivity (Wildman–Crippen MR) is 89.1 cm³/mol. The minimum Gasteiger partial charge on any atom is -0.379 e. The van der Waals surface area contributed by atoms with Gasteiger partial charge in [0.1, 0.15) is 0 Å². The molecule has 3 rings (SSSR count). The summed E-state index contributed by atoms with van der Waals surface area (Å²) in [5.41, 5.74) is 3.45. The molecular formula is C16H13Cl2NS. The monoisotopic (exact) mass is 321 g/mol. The predicted octanol–water partition coefficient (Wildman–Crippen LogP) is 4.60. The summed E-state index contributed by atoms with van der Waals surface area (Å²) in [7, 11) is 0. The van der Waals surface area contributed by atoms with Gasteiger partial charge in [-0.3, -0.25) is 0 Å². The van der Waals surface area contributed by atoms with E-state index < -0.39 is 0 Å². The van der Waals surface area contributed by atoms with Gasteiger partial charge in [-0.25, -0.2) is 0 Å². The van der Waals surface area contributed by atoms with Gasteiger partial charge in [-0.2, -0.15) is 0 Å². The van der Waals surface area contributed by atoms with Crippen LogP contribution in [0.15, 0.2) is 42.5 Å².